The Morgan fingerprint density at radius 1 is 1.24 bits per heavy atom. The van der Waals surface area contributed by atoms with Gasteiger partial charge in [-0.15, -0.1) is 0 Å². The summed E-state index contributed by atoms with van der Waals surface area (Å²) in [5.41, 5.74) is 11.0. The van der Waals surface area contributed by atoms with E-state index in [1.54, 1.807) is 0 Å². The second-order valence-electron chi connectivity index (χ2n) is 7.76. The van der Waals surface area contributed by atoms with Crippen molar-refractivity contribution in [3.63, 3.8) is 0 Å². The van der Waals surface area contributed by atoms with E-state index in [4.69, 9.17) is 25.7 Å². The highest BCUT2D eigenvalue weighted by molar-refractivity contribution is 5.85. The first-order chi connectivity index (χ1) is 15.6. The number of hydrogen-bond acceptors (Lipinski definition) is 8. The number of amides is 1. The topological polar surface area (TPSA) is 196 Å². The van der Waals surface area contributed by atoms with Crippen LogP contribution in [0.4, 0.5) is 0 Å². The lowest BCUT2D eigenvalue weighted by Gasteiger charge is -2.40. The Morgan fingerprint density at radius 2 is 1.91 bits per heavy atom. The van der Waals surface area contributed by atoms with E-state index in [0.717, 1.165) is 31.8 Å². The van der Waals surface area contributed by atoms with Crippen LogP contribution in [-0.2, 0) is 28.6 Å². The van der Waals surface area contributed by atoms with E-state index < -0.39 is 60.6 Å². The molecule has 0 saturated heterocycles. The number of aliphatic imine (C=N–C) groups is 1. The van der Waals surface area contributed by atoms with Crippen molar-refractivity contribution in [3.8, 4) is 0 Å². The van der Waals surface area contributed by atoms with Gasteiger partial charge >= 0.3 is 11.9 Å². The number of hydrogen-bond donors (Lipinski definition) is 5. The van der Waals surface area contributed by atoms with E-state index in [1.807, 2.05) is 0 Å². The van der Waals surface area contributed by atoms with Gasteiger partial charge in [0.2, 0.25) is 11.7 Å². The summed E-state index contributed by atoms with van der Waals surface area (Å²) < 4.78 is 16.5. The van der Waals surface area contributed by atoms with Crippen molar-refractivity contribution in [2.75, 3.05) is 13.7 Å². The monoisotopic (exact) mass is 472 g/mol. The van der Waals surface area contributed by atoms with Crippen LogP contribution in [-0.4, -0.2) is 78.1 Å². The summed E-state index contributed by atoms with van der Waals surface area (Å²) in [6, 6.07) is -1.98. The van der Waals surface area contributed by atoms with Crippen LogP contribution in [0.3, 0.4) is 0 Å². The van der Waals surface area contributed by atoms with Gasteiger partial charge in [-0.3, -0.25) is 9.59 Å². The number of methoxy groups -OCH3 is 1. The standard InChI is InChI=1S/C21H36N4O8/c1-4-5-6-7-8-9-16(28)32-15(11-26)18(31-3)19-17(24-12(2)27)13(25-21(22)23)10-14(33-19)20(29)30/h10,13,15,17-19,26H,4-9,11H2,1-3H3,(H,24,27)(H,29,30)(H4,22,23,25)/t13-,15?,17+,18?,19+/m0/s1. The molecular formula is C21H36N4O8. The van der Waals surface area contributed by atoms with Crippen LogP contribution >= 0.6 is 0 Å². The number of ether oxygens (including phenoxy) is 3. The van der Waals surface area contributed by atoms with Crippen LogP contribution in [0.25, 0.3) is 0 Å². The number of rotatable bonds is 14. The Morgan fingerprint density at radius 3 is 2.42 bits per heavy atom. The van der Waals surface area contributed by atoms with Crippen molar-refractivity contribution in [2.24, 2.45) is 16.5 Å². The third-order valence-electron chi connectivity index (χ3n) is 5.10. The molecule has 0 aromatic carbocycles. The molecule has 0 fully saturated rings. The number of unbranched alkanes of at least 4 members (excludes halogenated alkanes) is 4. The molecule has 7 N–H and O–H groups in total. The van der Waals surface area contributed by atoms with Gasteiger partial charge in [0.1, 0.15) is 6.10 Å². The number of guanidine groups is 1. The van der Waals surface area contributed by atoms with Crippen LogP contribution in [0, 0.1) is 0 Å². The third kappa shape index (κ3) is 9.26. The lowest BCUT2D eigenvalue weighted by molar-refractivity contribution is -0.174. The van der Waals surface area contributed by atoms with Gasteiger partial charge in [-0.1, -0.05) is 32.6 Å². The van der Waals surface area contributed by atoms with E-state index in [1.165, 1.54) is 14.0 Å². The molecule has 0 aliphatic carbocycles. The largest absolute Gasteiger partial charge is 0.478 e. The Labute approximate surface area is 193 Å². The fourth-order valence-electron chi connectivity index (χ4n) is 3.60. The summed E-state index contributed by atoms with van der Waals surface area (Å²) in [5, 5.41) is 22.0. The van der Waals surface area contributed by atoms with Crippen LogP contribution < -0.4 is 16.8 Å². The molecule has 0 aromatic heterocycles. The molecule has 0 spiro atoms. The molecule has 33 heavy (non-hydrogen) atoms. The number of carbonyl (C=O) groups is 3. The quantitative estimate of drug-likeness (QED) is 0.0975. The molecule has 1 aliphatic heterocycles. The molecule has 0 bridgehead atoms. The third-order valence-corrected chi connectivity index (χ3v) is 5.10. The minimum absolute atomic E-state index is 0.161. The number of aliphatic hydroxyl groups excluding tert-OH is 1. The zero-order valence-electron chi connectivity index (χ0n) is 19.4. The highest BCUT2D eigenvalue weighted by Gasteiger charge is 2.46. The number of esters is 1. The average molecular weight is 473 g/mol. The molecular weight excluding hydrogens is 436 g/mol. The minimum Gasteiger partial charge on any atom is -0.478 e. The van der Waals surface area contributed by atoms with Crippen molar-refractivity contribution >= 4 is 23.8 Å². The van der Waals surface area contributed by atoms with E-state index in [2.05, 4.69) is 17.2 Å². The number of carbonyl (C=O) groups excluding carboxylic acids is 2. The summed E-state index contributed by atoms with van der Waals surface area (Å²) in [5.74, 6) is -3.20. The van der Waals surface area contributed by atoms with Gasteiger partial charge in [0.05, 0.1) is 18.7 Å². The number of aliphatic hydroxyl groups is 1. The van der Waals surface area contributed by atoms with Crippen LogP contribution in [0.1, 0.15) is 52.4 Å². The van der Waals surface area contributed by atoms with Crippen LogP contribution in [0.2, 0.25) is 0 Å². The number of nitrogens with two attached hydrogens (primary N) is 2. The molecule has 12 nitrogen and oxygen atoms in total. The molecule has 188 valence electrons. The molecule has 2 unspecified atom stereocenters. The number of carboxylic acids is 1. The SMILES string of the molecule is CCCCCCCC(=O)OC(CO)C(OC)[C@@H]1OC(C(=O)O)=C[C@H](N=C(N)N)[C@H]1NC(C)=O. The average Bonchev–Trinajstić information content (AvgIpc) is 2.74. The molecule has 1 rings (SSSR count). The molecule has 0 radical (unpaired) electrons. The number of nitrogens with one attached hydrogen (secondary N) is 1. The number of carboxylic acid groups (broad SMARTS) is 1. The van der Waals surface area contributed by atoms with Gasteiger partial charge in [0, 0.05) is 20.5 Å². The van der Waals surface area contributed by atoms with Crippen LogP contribution in [0.5, 0.6) is 0 Å². The number of nitrogens with zero attached hydrogens (tertiary/aromatic N) is 1. The Hall–Kier alpha value is -2.86. The van der Waals surface area contributed by atoms with E-state index >= 15 is 0 Å². The minimum atomic E-state index is -1.39. The summed E-state index contributed by atoms with van der Waals surface area (Å²) in [6.45, 7) is 2.73. The summed E-state index contributed by atoms with van der Waals surface area (Å²) >= 11 is 0. The van der Waals surface area contributed by atoms with Gasteiger partial charge in [0.15, 0.2) is 18.2 Å². The highest BCUT2D eigenvalue weighted by atomic mass is 16.6. The van der Waals surface area contributed by atoms with Crippen molar-refractivity contribution in [2.45, 2.75) is 82.8 Å². The Balaban J connectivity index is 3.12. The van der Waals surface area contributed by atoms with Crippen molar-refractivity contribution in [1.29, 1.82) is 0 Å². The van der Waals surface area contributed by atoms with Crippen LogP contribution in [0.15, 0.2) is 16.8 Å². The smallest absolute Gasteiger partial charge is 0.370 e. The van der Waals surface area contributed by atoms with E-state index in [-0.39, 0.29) is 12.4 Å². The fourth-order valence-corrected chi connectivity index (χ4v) is 3.60. The van der Waals surface area contributed by atoms with Gasteiger partial charge in [-0.25, -0.2) is 9.79 Å². The zero-order chi connectivity index (χ0) is 25.0. The molecule has 1 heterocycles. The predicted octanol–water partition coefficient (Wildman–Crippen LogP) is -0.220. The molecule has 0 saturated carbocycles. The van der Waals surface area contributed by atoms with Crippen molar-refractivity contribution in [3.05, 3.63) is 11.8 Å². The predicted molar refractivity (Wildman–Crippen MR) is 119 cm³/mol. The second kappa shape index (κ2) is 14.3. The van der Waals surface area contributed by atoms with Gasteiger partial charge in [0.25, 0.3) is 0 Å². The summed E-state index contributed by atoms with van der Waals surface area (Å²) in [6.07, 6.45) is 2.48. The maximum absolute atomic E-state index is 12.3. The van der Waals surface area contributed by atoms with Crippen molar-refractivity contribution in [1.82, 2.24) is 5.32 Å². The highest BCUT2D eigenvalue weighted by Crippen LogP contribution is 2.27. The Kier molecular flexibility index (Phi) is 12.2. The molecule has 0 aromatic rings. The normalized spacial score (nSPS) is 21.7. The fraction of sp³-hybridized carbons (Fsp3) is 0.714. The van der Waals surface area contributed by atoms with Crippen molar-refractivity contribution < 1.29 is 38.8 Å². The zero-order valence-corrected chi connectivity index (χ0v) is 19.4. The second-order valence-corrected chi connectivity index (χ2v) is 7.76. The van der Waals surface area contributed by atoms with Gasteiger partial charge < -0.3 is 41.2 Å². The lowest BCUT2D eigenvalue weighted by Crippen LogP contribution is -2.60. The maximum Gasteiger partial charge on any atom is 0.370 e. The Bertz CT molecular complexity index is 723. The van der Waals surface area contributed by atoms with E-state index in [0.29, 0.717) is 6.42 Å². The lowest BCUT2D eigenvalue weighted by atomic mass is 9.92. The molecule has 1 aliphatic rings. The molecule has 1 amide bonds. The molecule has 5 atom stereocenters. The van der Waals surface area contributed by atoms with Gasteiger partial charge in [-0.05, 0) is 12.5 Å². The first-order valence-corrected chi connectivity index (χ1v) is 10.9. The number of aliphatic carboxylic acids is 1. The summed E-state index contributed by atoms with van der Waals surface area (Å²) in [7, 11) is 1.29. The maximum atomic E-state index is 12.3. The first-order valence-electron chi connectivity index (χ1n) is 10.9. The molecule has 12 heteroatoms. The summed E-state index contributed by atoms with van der Waals surface area (Å²) in [4.78, 5) is 39.8. The van der Waals surface area contributed by atoms with E-state index in [9.17, 15) is 24.6 Å². The van der Waals surface area contributed by atoms with Gasteiger partial charge in [-0.2, -0.15) is 0 Å². The first kappa shape index (κ1) is 28.2.